The Kier molecular flexibility index (Phi) is 4.49. The molecule has 0 spiro atoms. The molecule has 1 unspecified atom stereocenters. The van der Waals surface area contributed by atoms with E-state index in [1.54, 1.807) is 6.07 Å². The van der Waals surface area contributed by atoms with Crippen LogP contribution in [0, 0.1) is 11.7 Å². The fourth-order valence-electron chi connectivity index (χ4n) is 1.31. The van der Waals surface area contributed by atoms with Crippen molar-refractivity contribution < 1.29 is 13.9 Å². The van der Waals surface area contributed by atoms with Gasteiger partial charge in [0.1, 0.15) is 5.82 Å². The molecule has 1 N–H and O–H groups in total. The number of carbonyl (C=O) groups is 1. The van der Waals surface area contributed by atoms with Gasteiger partial charge in [-0.1, -0.05) is 13.8 Å². The second-order valence-electron chi connectivity index (χ2n) is 4.36. The van der Waals surface area contributed by atoms with Crippen molar-refractivity contribution in [1.29, 1.82) is 0 Å². The first-order valence-electron chi connectivity index (χ1n) is 5.60. The predicted octanol–water partition coefficient (Wildman–Crippen LogP) is 3.07. The molecule has 1 aromatic rings. The number of hydrogen-bond donors (Lipinski definition) is 1. The molecule has 4 heteroatoms. The molecule has 1 aromatic carbocycles. The molecule has 1 rings (SSSR count). The summed E-state index contributed by atoms with van der Waals surface area (Å²) in [5.41, 5.74) is 0.668. The number of nitrogens with one attached hydrogen (secondary N) is 1. The van der Waals surface area contributed by atoms with Gasteiger partial charge >= 0.3 is 5.97 Å². The summed E-state index contributed by atoms with van der Waals surface area (Å²) in [5, 5.41) is 3.21. The molecule has 0 amide bonds. The minimum atomic E-state index is -0.664. The van der Waals surface area contributed by atoms with E-state index in [4.69, 9.17) is 0 Å². The largest absolute Gasteiger partial charge is 0.465 e. The first kappa shape index (κ1) is 13.5. The molecule has 0 fully saturated rings. The maximum atomic E-state index is 13.4. The van der Waals surface area contributed by atoms with Crippen molar-refractivity contribution in [2.75, 3.05) is 12.4 Å². The highest BCUT2D eigenvalue weighted by Gasteiger charge is 2.14. The van der Waals surface area contributed by atoms with Crippen LogP contribution in [-0.2, 0) is 4.74 Å². The number of rotatable bonds is 4. The van der Waals surface area contributed by atoms with E-state index < -0.39 is 11.8 Å². The molecule has 0 aliphatic rings. The number of ether oxygens (including phenoxy) is 1. The molecule has 1 atom stereocenters. The zero-order valence-electron chi connectivity index (χ0n) is 10.6. The van der Waals surface area contributed by atoms with Gasteiger partial charge in [-0.2, -0.15) is 0 Å². The summed E-state index contributed by atoms with van der Waals surface area (Å²) >= 11 is 0. The van der Waals surface area contributed by atoms with Gasteiger partial charge in [-0.05, 0) is 31.0 Å². The standard InChI is InChI=1S/C13H18FNO2/c1-8(2)9(3)15-10-5-6-12(14)11(7-10)13(16)17-4/h5-9,15H,1-4H3. The number of benzene rings is 1. The summed E-state index contributed by atoms with van der Waals surface area (Å²) in [6, 6.07) is 4.59. The van der Waals surface area contributed by atoms with Gasteiger partial charge in [0.25, 0.3) is 0 Å². The van der Waals surface area contributed by atoms with Crippen molar-refractivity contribution in [1.82, 2.24) is 0 Å². The van der Waals surface area contributed by atoms with E-state index in [9.17, 15) is 9.18 Å². The van der Waals surface area contributed by atoms with E-state index >= 15 is 0 Å². The van der Waals surface area contributed by atoms with Gasteiger partial charge in [-0.3, -0.25) is 0 Å². The van der Waals surface area contributed by atoms with Crippen molar-refractivity contribution >= 4 is 11.7 Å². The monoisotopic (exact) mass is 239 g/mol. The maximum Gasteiger partial charge on any atom is 0.340 e. The number of esters is 1. The zero-order chi connectivity index (χ0) is 13.0. The molecule has 94 valence electrons. The Morgan fingerprint density at radius 1 is 1.35 bits per heavy atom. The fourth-order valence-corrected chi connectivity index (χ4v) is 1.31. The Bertz CT molecular complexity index is 404. The topological polar surface area (TPSA) is 38.3 Å². The highest BCUT2D eigenvalue weighted by molar-refractivity contribution is 5.90. The quantitative estimate of drug-likeness (QED) is 0.821. The molecule has 0 saturated carbocycles. The van der Waals surface area contributed by atoms with E-state index in [1.165, 1.54) is 19.2 Å². The Morgan fingerprint density at radius 3 is 2.53 bits per heavy atom. The van der Waals surface area contributed by atoms with Gasteiger partial charge in [0.2, 0.25) is 0 Å². The minimum Gasteiger partial charge on any atom is -0.465 e. The average molecular weight is 239 g/mol. The molecule has 0 saturated heterocycles. The number of methoxy groups -OCH3 is 1. The van der Waals surface area contributed by atoms with Crippen LogP contribution in [0.2, 0.25) is 0 Å². The number of halogens is 1. The van der Waals surface area contributed by atoms with Crippen molar-refractivity contribution in [3.05, 3.63) is 29.6 Å². The van der Waals surface area contributed by atoms with Gasteiger partial charge in [0, 0.05) is 11.7 Å². The van der Waals surface area contributed by atoms with E-state index in [0.717, 1.165) is 0 Å². The van der Waals surface area contributed by atoms with Gasteiger partial charge < -0.3 is 10.1 Å². The SMILES string of the molecule is COC(=O)c1cc(NC(C)C(C)C)ccc1F. The third kappa shape index (κ3) is 3.44. The molecular weight excluding hydrogens is 221 g/mol. The van der Waals surface area contributed by atoms with Crippen LogP contribution < -0.4 is 5.32 Å². The van der Waals surface area contributed by atoms with Gasteiger partial charge in [0.15, 0.2) is 0 Å². The summed E-state index contributed by atoms with van der Waals surface area (Å²) < 4.78 is 17.9. The van der Waals surface area contributed by atoms with Crippen LogP contribution >= 0.6 is 0 Å². The highest BCUT2D eigenvalue weighted by Crippen LogP contribution is 2.18. The van der Waals surface area contributed by atoms with E-state index in [0.29, 0.717) is 11.6 Å². The Balaban J connectivity index is 2.93. The first-order valence-corrected chi connectivity index (χ1v) is 5.60. The summed E-state index contributed by atoms with van der Waals surface area (Å²) in [6.07, 6.45) is 0. The maximum absolute atomic E-state index is 13.4. The normalized spacial score (nSPS) is 12.4. The lowest BCUT2D eigenvalue weighted by molar-refractivity contribution is 0.0595. The van der Waals surface area contributed by atoms with Crippen LogP contribution in [0.15, 0.2) is 18.2 Å². The molecule has 3 nitrogen and oxygen atoms in total. The lowest BCUT2D eigenvalue weighted by atomic mass is 10.1. The van der Waals surface area contributed by atoms with Crippen molar-refractivity contribution in [3.63, 3.8) is 0 Å². The number of carbonyl (C=O) groups excluding carboxylic acids is 1. The summed E-state index contributed by atoms with van der Waals surface area (Å²) in [5.74, 6) is -0.787. The van der Waals surface area contributed by atoms with Crippen LogP contribution in [0.25, 0.3) is 0 Å². The highest BCUT2D eigenvalue weighted by atomic mass is 19.1. The van der Waals surface area contributed by atoms with E-state index in [2.05, 4.69) is 23.9 Å². The second kappa shape index (κ2) is 5.66. The summed E-state index contributed by atoms with van der Waals surface area (Å²) in [6.45, 7) is 6.21. The lowest BCUT2D eigenvalue weighted by Gasteiger charge is -2.19. The van der Waals surface area contributed by atoms with E-state index in [-0.39, 0.29) is 11.6 Å². The third-order valence-corrected chi connectivity index (χ3v) is 2.77. The average Bonchev–Trinajstić information content (AvgIpc) is 2.30. The lowest BCUT2D eigenvalue weighted by Crippen LogP contribution is -2.21. The minimum absolute atomic E-state index is 0.0477. The molecule has 0 aromatic heterocycles. The molecule has 0 aliphatic heterocycles. The van der Waals surface area contributed by atoms with Crippen LogP contribution in [0.1, 0.15) is 31.1 Å². The number of hydrogen-bond acceptors (Lipinski definition) is 3. The molecule has 0 aliphatic carbocycles. The summed E-state index contributed by atoms with van der Waals surface area (Å²) in [7, 11) is 1.23. The summed E-state index contributed by atoms with van der Waals surface area (Å²) in [4.78, 5) is 11.3. The first-order chi connectivity index (χ1) is 7.95. The van der Waals surface area contributed by atoms with Crippen LogP contribution in [-0.4, -0.2) is 19.1 Å². The van der Waals surface area contributed by atoms with Crippen molar-refractivity contribution in [2.24, 2.45) is 5.92 Å². The predicted molar refractivity (Wildman–Crippen MR) is 65.7 cm³/mol. The van der Waals surface area contributed by atoms with Gasteiger partial charge in [0.05, 0.1) is 12.7 Å². The Morgan fingerprint density at radius 2 is 2.00 bits per heavy atom. The van der Waals surface area contributed by atoms with Crippen molar-refractivity contribution in [2.45, 2.75) is 26.8 Å². The second-order valence-corrected chi connectivity index (χ2v) is 4.36. The third-order valence-electron chi connectivity index (χ3n) is 2.77. The fraction of sp³-hybridized carbons (Fsp3) is 0.462. The Labute approximate surface area is 101 Å². The zero-order valence-corrected chi connectivity index (χ0v) is 10.6. The smallest absolute Gasteiger partial charge is 0.340 e. The van der Waals surface area contributed by atoms with Crippen LogP contribution in [0.4, 0.5) is 10.1 Å². The van der Waals surface area contributed by atoms with Crippen LogP contribution in [0.3, 0.4) is 0 Å². The van der Waals surface area contributed by atoms with E-state index in [1.807, 2.05) is 6.92 Å². The molecule has 0 heterocycles. The Hall–Kier alpha value is -1.58. The molecular formula is C13H18FNO2. The van der Waals surface area contributed by atoms with Crippen molar-refractivity contribution in [3.8, 4) is 0 Å². The van der Waals surface area contributed by atoms with Crippen LogP contribution in [0.5, 0.6) is 0 Å². The van der Waals surface area contributed by atoms with Gasteiger partial charge in [-0.15, -0.1) is 0 Å². The molecule has 0 radical (unpaired) electrons. The van der Waals surface area contributed by atoms with Gasteiger partial charge in [-0.25, -0.2) is 9.18 Å². The molecule has 17 heavy (non-hydrogen) atoms. The number of anilines is 1. The molecule has 0 bridgehead atoms.